The van der Waals surface area contributed by atoms with E-state index < -0.39 is 17.6 Å². The van der Waals surface area contributed by atoms with Crippen LogP contribution in [0.15, 0.2) is 59.7 Å². The van der Waals surface area contributed by atoms with Crippen LogP contribution < -0.4 is 10.9 Å². The molecule has 0 atom stereocenters. The van der Waals surface area contributed by atoms with Crippen molar-refractivity contribution in [1.29, 1.82) is 0 Å². The van der Waals surface area contributed by atoms with Gasteiger partial charge < -0.3 is 5.32 Å². The molecule has 2 heterocycles. The van der Waals surface area contributed by atoms with Gasteiger partial charge in [0.1, 0.15) is 4.83 Å². The molecule has 4 aromatic rings. The van der Waals surface area contributed by atoms with Crippen LogP contribution >= 0.6 is 22.9 Å². The summed E-state index contributed by atoms with van der Waals surface area (Å²) in [6.45, 7) is 1.82. The van der Waals surface area contributed by atoms with Gasteiger partial charge >= 0.3 is 6.18 Å². The van der Waals surface area contributed by atoms with E-state index in [-0.39, 0.29) is 22.7 Å². The largest absolute Gasteiger partial charge is 0.416 e. The molecular formula is C22H15ClF3N3O2S. The molecule has 5 nitrogen and oxygen atoms in total. The molecule has 0 saturated carbocycles. The van der Waals surface area contributed by atoms with Gasteiger partial charge in [-0.05, 0) is 42.3 Å². The fourth-order valence-electron chi connectivity index (χ4n) is 3.26. The molecule has 2 aromatic heterocycles. The first-order chi connectivity index (χ1) is 15.1. The van der Waals surface area contributed by atoms with Crippen molar-refractivity contribution in [3.63, 3.8) is 0 Å². The monoisotopic (exact) mass is 477 g/mol. The zero-order valence-electron chi connectivity index (χ0n) is 16.5. The molecule has 4 rings (SSSR count). The third-order valence-corrected chi connectivity index (χ3v) is 6.44. The van der Waals surface area contributed by atoms with E-state index in [1.54, 1.807) is 25.1 Å². The number of aromatic nitrogens is 2. The van der Waals surface area contributed by atoms with Crippen LogP contribution in [0.4, 0.5) is 18.9 Å². The molecular weight excluding hydrogens is 463 g/mol. The molecule has 32 heavy (non-hydrogen) atoms. The lowest BCUT2D eigenvalue weighted by Crippen LogP contribution is -2.21. The number of carbonyl (C=O) groups excluding carboxylic acids is 1. The summed E-state index contributed by atoms with van der Waals surface area (Å²) in [6, 6.07) is 11.5. The molecule has 0 spiro atoms. The van der Waals surface area contributed by atoms with Crippen LogP contribution in [0.2, 0.25) is 5.02 Å². The van der Waals surface area contributed by atoms with Gasteiger partial charge in [0.25, 0.3) is 11.5 Å². The van der Waals surface area contributed by atoms with E-state index in [0.29, 0.717) is 20.8 Å². The highest BCUT2D eigenvalue weighted by Crippen LogP contribution is 2.32. The number of amides is 1. The number of nitrogens with one attached hydrogen (secondary N) is 1. The number of carbonyl (C=O) groups is 1. The van der Waals surface area contributed by atoms with Gasteiger partial charge in [0.05, 0.1) is 28.7 Å². The fraction of sp³-hybridized carbons (Fsp3) is 0.136. The number of halogens is 4. The maximum Gasteiger partial charge on any atom is 0.416 e. The van der Waals surface area contributed by atoms with E-state index in [4.69, 9.17) is 11.6 Å². The summed E-state index contributed by atoms with van der Waals surface area (Å²) in [6.07, 6.45) is -3.14. The lowest BCUT2D eigenvalue weighted by Gasteiger charge is -2.09. The SMILES string of the molecule is Cc1c(C(=O)Nc2cccc(C(F)(F)F)c2)sc2ncn(Cc3ccccc3Cl)c(=O)c12. The lowest BCUT2D eigenvalue weighted by molar-refractivity contribution is -0.137. The number of nitrogens with zero attached hydrogens (tertiary/aromatic N) is 2. The minimum absolute atomic E-state index is 0.00534. The summed E-state index contributed by atoms with van der Waals surface area (Å²) in [5.41, 5.74) is -0.0339. The molecule has 0 radical (unpaired) electrons. The number of aryl methyl sites for hydroxylation is 1. The molecule has 1 amide bonds. The molecule has 1 N–H and O–H groups in total. The first kappa shape index (κ1) is 22.0. The van der Waals surface area contributed by atoms with Crippen molar-refractivity contribution < 1.29 is 18.0 Å². The highest BCUT2D eigenvalue weighted by Gasteiger charge is 2.30. The third kappa shape index (κ3) is 4.26. The van der Waals surface area contributed by atoms with Crippen LogP contribution in [0.25, 0.3) is 10.2 Å². The van der Waals surface area contributed by atoms with Gasteiger partial charge in [-0.1, -0.05) is 35.9 Å². The first-order valence-corrected chi connectivity index (χ1v) is 10.5. The summed E-state index contributed by atoms with van der Waals surface area (Å²) >= 11 is 7.19. The summed E-state index contributed by atoms with van der Waals surface area (Å²) in [5, 5.41) is 3.28. The van der Waals surface area contributed by atoms with Gasteiger partial charge in [-0.15, -0.1) is 11.3 Å². The first-order valence-electron chi connectivity index (χ1n) is 9.35. The highest BCUT2D eigenvalue weighted by atomic mass is 35.5. The number of hydrogen-bond donors (Lipinski definition) is 1. The van der Waals surface area contributed by atoms with Crippen LogP contribution in [0.3, 0.4) is 0 Å². The van der Waals surface area contributed by atoms with E-state index in [1.807, 2.05) is 6.07 Å². The van der Waals surface area contributed by atoms with Crippen LogP contribution in [0, 0.1) is 6.92 Å². The standard InChI is InChI=1S/C22H15ClF3N3O2S/c1-12-17-20(27-11-29(21(17)31)10-13-5-2-3-8-16(13)23)32-18(12)19(30)28-15-7-4-6-14(9-15)22(24,25)26/h2-9,11H,10H2,1H3,(H,28,30). The minimum atomic E-state index is -4.52. The van der Waals surface area contributed by atoms with Crippen LogP contribution in [-0.4, -0.2) is 15.5 Å². The molecule has 164 valence electrons. The quantitative estimate of drug-likeness (QED) is 0.407. The fourth-order valence-corrected chi connectivity index (χ4v) is 4.49. The zero-order valence-corrected chi connectivity index (χ0v) is 18.1. The molecule has 2 aromatic carbocycles. The molecule has 0 saturated heterocycles. The maximum absolute atomic E-state index is 13.0. The Labute approximate surface area is 189 Å². The number of fused-ring (bicyclic) bond motifs is 1. The number of alkyl halides is 3. The van der Waals surface area contributed by atoms with E-state index in [9.17, 15) is 22.8 Å². The van der Waals surface area contributed by atoms with Gasteiger partial charge in [-0.3, -0.25) is 14.2 Å². The summed E-state index contributed by atoms with van der Waals surface area (Å²) in [7, 11) is 0. The Balaban J connectivity index is 1.67. The molecule has 0 fully saturated rings. The van der Waals surface area contributed by atoms with Gasteiger partial charge in [0, 0.05) is 10.7 Å². The van der Waals surface area contributed by atoms with E-state index in [1.165, 1.54) is 23.0 Å². The molecule has 0 aliphatic rings. The Hall–Kier alpha value is -3.17. The molecule has 0 aliphatic carbocycles. The van der Waals surface area contributed by atoms with Gasteiger partial charge in [-0.25, -0.2) is 4.98 Å². The van der Waals surface area contributed by atoms with Crippen LogP contribution in [0.1, 0.15) is 26.4 Å². The average molecular weight is 478 g/mol. The highest BCUT2D eigenvalue weighted by molar-refractivity contribution is 7.20. The summed E-state index contributed by atoms with van der Waals surface area (Å²) in [4.78, 5) is 30.7. The van der Waals surface area contributed by atoms with Gasteiger partial charge in [-0.2, -0.15) is 13.2 Å². The second-order valence-corrected chi connectivity index (χ2v) is 8.44. The number of anilines is 1. The maximum atomic E-state index is 13.0. The number of rotatable bonds is 4. The Bertz CT molecular complexity index is 1400. The second kappa shape index (κ2) is 8.40. The number of thiophene rings is 1. The number of benzene rings is 2. The second-order valence-electron chi connectivity index (χ2n) is 7.04. The van der Waals surface area contributed by atoms with E-state index >= 15 is 0 Å². The van der Waals surface area contributed by atoms with Crippen LogP contribution in [-0.2, 0) is 12.7 Å². The van der Waals surface area contributed by atoms with Crippen molar-refractivity contribution in [3.05, 3.63) is 91.8 Å². The molecule has 0 unspecified atom stereocenters. The smallest absolute Gasteiger partial charge is 0.321 e. The predicted molar refractivity (Wildman–Crippen MR) is 119 cm³/mol. The van der Waals surface area contributed by atoms with Gasteiger partial charge in [0.2, 0.25) is 0 Å². The predicted octanol–water partition coefficient (Wildman–Crippen LogP) is 5.74. The topological polar surface area (TPSA) is 64.0 Å². The summed E-state index contributed by atoms with van der Waals surface area (Å²) in [5.74, 6) is -0.609. The van der Waals surface area contributed by atoms with E-state index in [2.05, 4.69) is 10.3 Å². The Morgan fingerprint density at radius 3 is 2.66 bits per heavy atom. The van der Waals surface area contributed by atoms with E-state index in [0.717, 1.165) is 29.0 Å². The zero-order chi connectivity index (χ0) is 23.0. The van der Waals surface area contributed by atoms with Crippen molar-refractivity contribution in [2.45, 2.75) is 19.6 Å². The molecule has 10 heteroatoms. The van der Waals surface area contributed by atoms with Crippen molar-refractivity contribution in [3.8, 4) is 0 Å². The van der Waals surface area contributed by atoms with Crippen molar-refractivity contribution >= 4 is 44.7 Å². The van der Waals surface area contributed by atoms with Crippen molar-refractivity contribution in [2.24, 2.45) is 0 Å². The van der Waals surface area contributed by atoms with Gasteiger partial charge in [0.15, 0.2) is 0 Å². The number of hydrogen-bond acceptors (Lipinski definition) is 4. The van der Waals surface area contributed by atoms with Crippen LogP contribution in [0.5, 0.6) is 0 Å². The summed E-state index contributed by atoms with van der Waals surface area (Å²) < 4.78 is 40.2. The third-order valence-electron chi connectivity index (χ3n) is 4.87. The Morgan fingerprint density at radius 2 is 1.94 bits per heavy atom. The molecule has 0 aliphatic heterocycles. The Kier molecular flexibility index (Phi) is 5.79. The minimum Gasteiger partial charge on any atom is -0.321 e. The average Bonchev–Trinajstić information content (AvgIpc) is 3.08. The normalized spacial score (nSPS) is 11.7. The van der Waals surface area contributed by atoms with Crippen molar-refractivity contribution in [1.82, 2.24) is 9.55 Å². The lowest BCUT2D eigenvalue weighted by atomic mass is 10.1. The Morgan fingerprint density at radius 1 is 1.19 bits per heavy atom. The van der Waals surface area contributed by atoms with Crippen molar-refractivity contribution in [2.75, 3.05) is 5.32 Å². The molecule has 0 bridgehead atoms.